The summed E-state index contributed by atoms with van der Waals surface area (Å²) in [6.45, 7) is 0. The summed E-state index contributed by atoms with van der Waals surface area (Å²) in [5.74, 6) is 0.809. The Morgan fingerprint density at radius 2 is 1.52 bits per heavy atom. The first kappa shape index (κ1) is 13.1. The second-order valence-corrected chi connectivity index (χ2v) is 4.96. The van der Waals surface area contributed by atoms with Gasteiger partial charge in [0, 0.05) is 18.8 Å². The Morgan fingerprint density at radius 1 is 0.952 bits per heavy atom. The Bertz CT molecular complexity index is 686. The van der Waals surface area contributed by atoms with Gasteiger partial charge in [-0.15, -0.1) is 0 Å². The minimum absolute atomic E-state index is 0.518. The lowest BCUT2D eigenvalue weighted by Crippen LogP contribution is -2.29. The van der Waals surface area contributed by atoms with Crippen LogP contribution < -0.4 is 0 Å². The second-order valence-electron chi connectivity index (χ2n) is 4.96. The SMILES string of the molecule is N#CC(Cc1ncc[nH]1)(c1ccccc1)c1ccccc1. The van der Waals surface area contributed by atoms with Gasteiger partial charge < -0.3 is 4.98 Å². The van der Waals surface area contributed by atoms with Crippen LogP contribution in [0.25, 0.3) is 0 Å². The molecule has 0 radical (unpaired) electrons. The molecule has 1 N–H and O–H groups in total. The molecule has 3 rings (SSSR count). The summed E-state index contributed by atoms with van der Waals surface area (Å²) in [6, 6.07) is 22.3. The van der Waals surface area contributed by atoms with E-state index in [4.69, 9.17) is 0 Å². The van der Waals surface area contributed by atoms with Gasteiger partial charge in [-0.05, 0) is 11.1 Å². The molecule has 1 aromatic heterocycles. The number of aromatic nitrogens is 2. The first-order valence-corrected chi connectivity index (χ1v) is 6.86. The predicted octanol–water partition coefficient (Wildman–Crippen LogP) is 3.46. The number of nitrogens with one attached hydrogen (secondary N) is 1. The maximum Gasteiger partial charge on any atom is 0.114 e. The quantitative estimate of drug-likeness (QED) is 0.791. The Balaban J connectivity index is 2.16. The van der Waals surface area contributed by atoms with Crippen molar-refractivity contribution in [2.75, 3.05) is 0 Å². The fourth-order valence-electron chi connectivity index (χ4n) is 2.63. The number of nitrogens with zero attached hydrogens (tertiary/aromatic N) is 2. The van der Waals surface area contributed by atoms with Crippen LogP contribution in [0.3, 0.4) is 0 Å². The summed E-state index contributed by atoms with van der Waals surface area (Å²) in [5, 5.41) is 9.99. The van der Waals surface area contributed by atoms with E-state index < -0.39 is 5.41 Å². The molecule has 3 aromatic rings. The number of rotatable bonds is 4. The summed E-state index contributed by atoms with van der Waals surface area (Å²) < 4.78 is 0. The smallest absolute Gasteiger partial charge is 0.114 e. The number of H-pyrrole nitrogens is 1. The highest BCUT2D eigenvalue weighted by atomic mass is 14.9. The van der Waals surface area contributed by atoms with Gasteiger partial charge in [0.05, 0.1) is 6.07 Å². The molecule has 0 saturated carbocycles. The molecule has 2 aromatic carbocycles. The summed E-state index contributed by atoms with van der Waals surface area (Å²) in [4.78, 5) is 7.40. The number of benzene rings is 2. The molecule has 1 heterocycles. The van der Waals surface area contributed by atoms with Crippen LogP contribution in [0.15, 0.2) is 73.1 Å². The van der Waals surface area contributed by atoms with Gasteiger partial charge in [0.15, 0.2) is 0 Å². The van der Waals surface area contributed by atoms with Gasteiger partial charge in [0.1, 0.15) is 11.2 Å². The van der Waals surface area contributed by atoms with E-state index in [0.29, 0.717) is 6.42 Å². The molecule has 0 amide bonds. The Kier molecular flexibility index (Phi) is 3.53. The second kappa shape index (κ2) is 5.64. The molecule has 0 saturated heterocycles. The lowest BCUT2D eigenvalue weighted by molar-refractivity contribution is 0.631. The van der Waals surface area contributed by atoms with Gasteiger partial charge in [-0.1, -0.05) is 60.7 Å². The largest absolute Gasteiger partial charge is 0.349 e. The van der Waals surface area contributed by atoms with Gasteiger partial charge in [-0.3, -0.25) is 0 Å². The lowest BCUT2D eigenvalue weighted by Gasteiger charge is -2.27. The van der Waals surface area contributed by atoms with Crippen molar-refractivity contribution in [3.8, 4) is 6.07 Å². The van der Waals surface area contributed by atoms with Crippen LogP contribution in [0.4, 0.5) is 0 Å². The van der Waals surface area contributed by atoms with Crippen molar-refractivity contribution in [1.29, 1.82) is 5.26 Å². The number of aromatic amines is 1. The average Bonchev–Trinajstić information content (AvgIpc) is 3.07. The third-order valence-corrected chi connectivity index (χ3v) is 3.71. The summed E-state index contributed by atoms with van der Waals surface area (Å²) in [7, 11) is 0. The predicted molar refractivity (Wildman–Crippen MR) is 81.6 cm³/mol. The fraction of sp³-hybridized carbons (Fsp3) is 0.111. The molecule has 21 heavy (non-hydrogen) atoms. The van der Waals surface area contributed by atoms with Crippen LogP contribution in [-0.2, 0) is 11.8 Å². The van der Waals surface area contributed by atoms with Gasteiger partial charge in [0.25, 0.3) is 0 Å². The van der Waals surface area contributed by atoms with Crippen molar-refractivity contribution in [2.24, 2.45) is 0 Å². The third-order valence-electron chi connectivity index (χ3n) is 3.71. The van der Waals surface area contributed by atoms with E-state index in [1.807, 2.05) is 60.7 Å². The minimum Gasteiger partial charge on any atom is -0.349 e. The van der Waals surface area contributed by atoms with Crippen molar-refractivity contribution in [2.45, 2.75) is 11.8 Å². The van der Waals surface area contributed by atoms with Gasteiger partial charge in [-0.2, -0.15) is 5.26 Å². The number of imidazole rings is 1. The molecule has 0 aliphatic carbocycles. The topological polar surface area (TPSA) is 52.5 Å². The zero-order valence-corrected chi connectivity index (χ0v) is 11.5. The molecular weight excluding hydrogens is 258 g/mol. The van der Waals surface area contributed by atoms with Crippen LogP contribution >= 0.6 is 0 Å². The molecule has 0 spiro atoms. The highest BCUT2D eigenvalue weighted by Crippen LogP contribution is 2.34. The molecule has 102 valence electrons. The van der Waals surface area contributed by atoms with Crippen LogP contribution in [0.2, 0.25) is 0 Å². The highest BCUT2D eigenvalue weighted by Gasteiger charge is 2.35. The lowest BCUT2D eigenvalue weighted by atomic mass is 9.73. The zero-order valence-electron chi connectivity index (χ0n) is 11.5. The molecule has 0 bridgehead atoms. The standard InChI is InChI=1S/C18H15N3/c19-14-18(13-17-20-11-12-21-17,15-7-3-1-4-8-15)16-9-5-2-6-10-16/h1-12H,13H2,(H,20,21). The van der Waals surface area contributed by atoms with Crippen molar-refractivity contribution in [3.05, 3.63) is 90.0 Å². The van der Waals surface area contributed by atoms with Crippen LogP contribution in [-0.4, -0.2) is 9.97 Å². The fourth-order valence-corrected chi connectivity index (χ4v) is 2.63. The molecule has 0 atom stereocenters. The van der Waals surface area contributed by atoms with Crippen molar-refractivity contribution < 1.29 is 0 Å². The average molecular weight is 273 g/mol. The van der Waals surface area contributed by atoms with E-state index in [1.54, 1.807) is 12.4 Å². The summed E-state index contributed by atoms with van der Waals surface area (Å²) in [6.07, 6.45) is 4.02. The van der Waals surface area contributed by atoms with Gasteiger partial charge >= 0.3 is 0 Å². The molecular formula is C18H15N3. The van der Waals surface area contributed by atoms with E-state index in [0.717, 1.165) is 17.0 Å². The molecule has 3 heteroatoms. The Labute approximate surface area is 123 Å². The number of hydrogen-bond acceptors (Lipinski definition) is 2. The molecule has 0 aliphatic heterocycles. The van der Waals surface area contributed by atoms with Crippen LogP contribution in [0.1, 0.15) is 17.0 Å². The van der Waals surface area contributed by atoms with E-state index in [-0.39, 0.29) is 0 Å². The molecule has 0 unspecified atom stereocenters. The maximum absolute atomic E-state index is 9.99. The summed E-state index contributed by atoms with van der Waals surface area (Å²) in [5.41, 5.74) is 1.23. The van der Waals surface area contributed by atoms with E-state index in [9.17, 15) is 5.26 Å². The van der Waals surface area contributed by atoms with Gasteiger partial charge in [0.2, 0.25) is 0 Å². The van der Waals surface area contributed by atoms with E-state index in [2.05, 4.69) is 16.0 Å². The Hall–Kier alpha value is -2.86. The number of nitriles is 1. The van der Waals surface area contributed by atoms with E-state index in [1.165, 1.54) is 0 Å². The first-order chi connectivity index (χ1) is 10.3. The number of hydrogen-bond donors (Lipinski definition) is 1. The van der Waals surface area contributed by atoms with Crippen molar-refractivity contribution in [1.82, 2.24) is 9.97 Å². The molecule has 0 fully saturated rings. The monoisotopic (exact) mass is 273 g/mol. The molecule has 3 nitrogen and oxygen atoms in total. The minimum atomic E-state index is -0.736. The van der Waals surface area contributed by atoms with Crippen LogP contribution in [0, 0.1) is 11.3 Å². The normalized spacial score (nSPS) is 11.0. The van der Waals surface area contributed by atoms with E-state index >= 15 is 0 Å². The van der Waals surface area contributed by atoms with Crippen molar-refractivity contribution >= 4 is 0 Å². The first-order valence-electron chi connectivity index (χ1n) is 6.86. The highest BCUT2D eigenvalue weighted by molar-refractivity contribution is 5.46. The molecule has 0 aliphatic rings. The Morgan fingerprint density at radius 3 is 1.95 bits per heavy atom. The van der Waals surface area contributed by atoms with Crippen LogP contribution in [0.5, 0.6) is 0 Å². The maximum atomic E-state index is 9.99. The van der Waals surface area contributed by atoms with Crippen molar-refractivity contribution in [3.63, 3.8) is 0 Å². The third kappa shape index (κ3) is 2.44. The zero-order chi connectivity index (χ0) is 14.5. The summed E-state index contributed by atoms with van der Waals surface area (Å²) >= 11 is 0. The van der Waals surface area contributed by atoms with Gasteiger partial charge in [-0.25, -0.2) is 4.98 Å².